The molecule has 0 radical (unpaired) electrons. The molecule has 0 spiro atoms. The van der Waals surface area contributed by atoms with Gasteiger partial charge in [-0.15, -0.1) is 0 Å². The second kappa shape index (κ2) is 11.5. The minimum Gasteiger partial charge on any atom is -0.486 e. The maximum atomic E-state index is 14.1. The highest BCUT2D eigenvalue weighted by molar-refractivity contribution is 5.94. The smallest absolute Gasteiger partial charge is 0.419 e. The van der Waals surface area contributed by atoms with E-state index in [-0.39, 0.29) is 12.1 Å². The maximum Gasteiger partial charge on any atom is 0.419 e. The van der Waals surface area contributed by atoms with Gasteiger partial charge in [-0.2, -0.15) is 18.3 Å². The molecule has 220 valence electrons. The van der Waals surface area contributed by atoms with Gasteiger partial charge < -0.3 is 14.7 Å². The lowest BCUT2D eigenvalue weighted by Crippen LogP contribution is -2.51. The van der Waals surface area contributed by atoms with Gasteiger partial charge in [-0.3, -0.25) is 9.59 Å². The van der Waals surface area contributed by atoms with Crippen LogP contribution in [0.4, 0.5) is 22.0 Å². The van der Waals surface area contributed by atoms with E-state index in [2.05, 4.69) is 5.10 Å². The molecule has 2 atom stereocenters. The predicted octanol–water partition coefficient (Wildman–Crippen LogP) is 6.61. The maximum absolute atomic E-state index is 14.1. The molecule has 0 aliphatic carbocycles. The summed E-state index contributed by atoms with van der Waals surface area (Å²) in [5, 5.41) is 13.1. The zero-order valence-electron chi connectivity index (χ0n) is 22.7. The number of carbonyl (C=O) groups excluding carboxylic acids is 1. The number of aryl methyl sites for hydroxylation is 2. The molecule has 7 nitrogen and oxygen atoms in total. The largest absolute Gasteiger partial charge is 0.486 e. The highest BCUT2D eigenvalue weighted by Gasteiger charge is 2.44. The Balaban J connectivity index is 1.52. The molecular formula is C29H30F5N3O4. The van der Waals surface area contributed by atoms with Crippen molar-refractivity contribution in [3.8, 4) is 11.4 Å². The third kappa shape index (κ3) is 6.86. The summed E-state index contributed by atoms with van der Waals surface area (Å²) >= 11 is 0. The van der Waals surface area contributed by atoms with Crippen LogP contribution in [0.3, 0.4) is 0 Å². The Morgan fingerprint density at radius 1 is 1.15 bits per heavy atom. The molecule has 41 heavy (non-hydrogen) atoms. The Morgan fingerprint density at radius 3 is 2.32 bits per heavy atom. The summed E-state index contributed by atoms with van der Waals surface area (Å²) in [4.78, 5) is 25.1. The van der Waals surface area contributed by atoms with E-state index in [1.54, 1.807) is 38.1 Å². The highest BCUT2D eigenvalue weighted by atomic mass is 19.4. The number of nitrogens with zero attached hydrogens (tertiary/aromatic N) is 3. The monoisotopic (exact) mass is 579 g/mol. The fourth-order valence-corrected chi connectivity index (χ4v) is 5.10. The average Bonchev–Trinajstić information content (AvgIpc) is 3.37. The molecule has 4 rings (SSSR count). The van der Waals surface area contributed by atoms with E-state index in [1.165, 1.54) is 16.8 Å². The van der Waals surface area contributed by atoms with Crippen LogP contribution in [0.25, 0.3) is 5.69 Å². The van der Waals surface area contributed by atoms with Gasteiger partial charge in [-0.1, -0.05) is 25.5 Å². The number of ether oxygens (including phenoxy) is 1. The first-order valence-corrected chi connectivity index (χ1v) is 13.1. The number of carbonyl (C=O) groups is 2. The summed E-state index contributed by atoms with van der Waals surface area (Å²) in [5.41, 5.74) is 1.86. The fourth-order valence-electron chi connectivity index (χ4n) is 5.10. The number of likely N-dealkylation sites (tertiary alicyclic amines) is 1. The first-order chi connectivity index (χ1) is 19.2. The van der Waals surface area contributed by atoms with Crippen LogP contribution in [0.5, 0.6) is 5.75 Å². The van der Waals surface area contributed by atoms with E-state index in [0.29, 0.717) is 29.0 Å². The number of piperidine rings is 1. The molecule has 1 unspecified atom stereocenters. The second-order valence-corrected chi connectivity index (χ2v) is 10.4. The average molecular weight is 580 g/mol. The summed E-state index contributed by atoms with van der Waals surface area (Å²) in [6.45, 7) is 4.33. The van der Waals surface area contributed by atoms with Crippen LogP contribution in [0, 0.1) is 19.8 Å². The van der Waals surface area contributed by atoms with Gasteiger partial charge in [0, 0.05) is 24.7 Å². The summed E-state index contributed by atoms with van der Waals surface area (Å²) in [7, 11) is 0. The zero-order valence-corrected chi connectivity index (χ0v) is 22.7. The Bertz CT molecular complexity index is 1400. The molecule has 0 saturated carbocycles. The van der Waals surface area contributed by atoms with Crippen LogP contribution in [0.1, 0.15) is 64.9 Å². The van der Waals surface area contributed by atoms with Crippen LogP contribution in [0.2, 0.25) is 0 Å². The molecule has 1 aromatic heterocycles. The van der Waals surface area contributed by atoms with Crippen molar-refractivity contribution in [3.63, 3.8) is 0 Å². The SMILES string of the molecule is CCC[C@H](Oc1cc(C)c(-n2cc(C(F)(F)F)cn2)c(C)c1)c1ccc(C(=O)N2CC(C(=O)O)CC(F)(F)C2)cc1. The Morgan fingerprint density at radius 2 is 1.78 bits per heavy atom. The summed E-state index contributed by atoms with van der Waals surface area (Å²) in [6.07, 6.45) is -2.66. The van der Waals surface area contributed by atoms with Gasteiger partial charge >= 0.3 is 12.1 Å². The van der Waals surface area contributed by atoms with Crippen molar-refractivity contribution in [2.45, 2.75) is 58.2 Å². The molecule has 1 saturated heterocycles. The van der Waals surface area contributed by atoms with Gasteiger partial charge in [0.2, 0.25) is 0 Å². The lowest BCUT2D eigenvalue weighted by molar-refractivity contribution is -0.151. The van der Waals surface area contributed by atoms with Crippen molar-refractivity contribution in [1.82, 2.24) is 14.7 Å². The van der Waals surface area contributed by atoms with E-state index in [4.69, 9.17) is 4.74 Å². The van der Waals surface area contributed by atoms with Crippen molar-refractivity contribution in [2.75, 3.05) is 13.1 Å². The van der Waals surface area contributed by atoms with E-state index in [0.717, 1.165) is 29.3 Å². The molecule has 3 aromatic rings. The summed E-state index contributed by atoms with van der Waals surface area (Å²) < 4.78 is 74.8. The minimum absolute atomic E-state index is 0.152. The normalized spacial score (nSPS) is 17.8. The van der Waals surface area contributed by atoms with Crippen molar-refractivity contribution < 1.29 is 41.4 Å². The van der Waals surface area contributed by atoms with Crippen molar-refractivity contribution in [1.29, 1.82) is 0 Å². The Labute approximate surface area is 233 Å². The number of carboxylic acids is 1. The van der Waals surface area contributed by atoms with Gasteiger partial charge in [-0.25, -0.2) is 13.5 Å². The quantitative estimate of drug-likeness (QED) is 0.304. The topological polar surface area (TPSA) is 84.7 Å². The van der Waals surface area contributed by atoms with Gasteiger partial charge in [0.25, 0.3) is 11.8 Å². The molecule has 2 aromatic carbocycles. The number of carboxylic acid groups (broad SMARTS) is 1. The van der Waals surface area contributed by atoms with Crippen molar-refractivity contribution >= 4 is 11.9 Å². The van der Waals surface area contributed by atoms with Crippen LogP contribution in [0.15, 0.2) is 48.8 Å². The number of hydrogen-bond acceptors (Lipinski definition) is 4. The molecule has 1 N–H and O–H groups in total. The molecule has 1 aliphatic heterocycles. The highest BCUT2D eigenvalue weighted by Crippen LogP contribution is 2.34. The molecular weight excluding hydrogens is 549 g/mol. The number of hydrogen-bond donors (Lipinski definition) is 1. The number of alkyl halides is 5. The molecule has 0 bridgehead atoms. The van der Waals surface area contributed by atoms with E-state index in [9.17, 15) is 36.6 Å². The third-order valence-corrected chi connectivity index (χ3v) is 7.01. The van der Waals surface area contributed by atoms with Crippen LogP contribution in [-0.2, 0) is 11.0 Å². The number of aliphatic carboxylic acids is 1. The molecule has 1 fully saturated rings. The molecule has 2 heterocycles. The number of halogens is 5. The lowest BCUT2D eigenvalue weighted by Gasteiger charge is -2.36. The first kappa shape index (κ1) is 30.0. The van der Waals surface area contributed by atoms with Crippen LogP contribution >= 0.6 is 0 Å². The van der Waals surface area contributed by atoms with Crippen LogP contribution in [-0.4, -0.2) is 50.7 Å². The van der Waals surface area contributed by atoms with Crippen molar-refractivity contribution in [2.24, 2.45) is 5.92 Å². The first-order valence-electron chi connectivity index (χ1n) is 13.1. The van der Waals surface area contributed by atoms with Crippen molar-refractivity contribution in [3.05, 3.63) is 76.6 Å². The summed E-state index contributed by atoms with van der Waals surface area (Å²) in [6, 6.07) is 9.77. The summed E-state index contributed by atoms with van der Waals surface area (Å²) in [5.74, 6) is -6.18. The predicted molar refractivity (Wildman–Crippen MR) is 139 cm³/mol. The van der Waals surface area contributed by atoms with Crippen LogP contribution < -0.4 is 4.74 Å². The standard InChI is InChI=1S/C29H30F5N3O4/c1-4-5-24(41-23-10-17(2)25(18(3)11-23)37-15-22(13-35-37)29(32,33)34)19-6-8-20(9-7-19)26(38)36-14-21(27(39)40)12-28(30,31)16-36/h6-11,13,15,21,24H,4-5,12,14,16H2,1-3H3,(H,39,40)/t21?,24-/m0/s1. The number of amides is 1. The molecule has 1 amide bonds. The van der Waals surface area contributed by atoms with Gasteiger partial charge in [0.15, 0.2) is 0 Å². The second-order valence-electron chi connectivity index (χ2n) is 10.4. The van der Waals surface area contributed by atoms with E-state index < -0.39 is 54.5 Å². The van der Waals surface area contributed by atoms with Gasteiger partial charge in [0.05, 0.1) is 29.9 Å². The fraction of sp³-hybridized carbons (Fsp3) is 0.414. The molecule has 1 aliphatic rings. The molecule has 12 heteroatoms. The van der Waals surface area contributed by atoms with Gasteiger partial charge in [-0.05, 0) is 61.2 Å². The Hall–Kier alpha value is -3.96. The minimum atomic E-state index is -4.50. The number of benzene rings is 2. The third-order valence-electron chi connectivity index (χ3n) is 7.01. The number of aromatic nitrogens is 2. The Kier molecular flexibility index (Phi) is 8.41. The van der Waals surface area contributed by atoms with Gasteiger partial charge in [0.1, 0.15) is 11.9 Å². The lowest BCUT2D eigenvalue weighted by atomic mass is 9.94. The van der Waals surface area contributed by atoms with E-state index >= 15 is 0 Å². The zero-order chi connectivity index (χ0) is 30.1. The number of rotatable bonds is 8. The van der Waals surface area contributed by atoms with E-state index in [1.807, 2.05) is 6.92 Å².